The molecule has 2 aromatic rings. The van der Waals surface area contributed by atoms with Gasteiger partial charge >= 0.3 is 0 Å². The molecule has 1 aliphatic heterocycles. The van der Waals surface area contributed by atoms with E-state index in [-0.39, 0.29) is 29.2 Å². The minimum Gasteiger partial charge on any atom is -0.349 e. The molecule has 0 bridgehead atoms. The second-order valence-corrected chi connectivity index (χ2v) is 10.1. The predicted molar refractivity (Wildman–Crippen MR) is 122 cm³/mol. The first kappa shape index (κ1) is 21.1. The quantitative estimate of drug-likeness (QED) is 0.670. The molecule has 1 N–H and O–H groups in total. The fraction of sp³-hybridized carbons (Fsp3) is 0.440. The van der Waals surface area contributed by atoms with Gasteiger partial charge in [0.1, 0.15) is 0 Å². The van der Waals surface area contributed by atoms with Crippen molar-refractivity contribution >= 4 is 27.7 Å². The summed E-state index contributed by atoms with van der Waals surface area (Å²) < 4.78 is 0.960. The van der Waals surface area contributed by atoms with Crippen LogP contribution in [0.1, 0.15) is 67.1 Å². The fourth-order valence-electron chi connectivity index (χ4n) is 4.77. The third-order valence-electron chi connectivity index (χ3n) is 6.68. The van der Waals surface area contributed by atoms with Gasteiger partial charge in [0.05, 0.1) is 6.04 Å². The van der Waals surface area contributed by atoms with E-state index in [2.05, 4.69) is 59.4 Å². The summed E-state index contributed by atoms with van der Waals surface area (Å²) in [6.07, 6.45) is 3.47. The van der Waals surface area contributed by atoms with Crippen LogP contribution in [0, 0.1) is 5.92 Å². The lowest BCUT2D eigenvalue weighted by atomic mass is 9.71. The van der Waals surface area contributed by atoms with Gasteiger partial charge in [-0.25, -0.2) is 0 Å². The standard InChI is InChI=1S/C25H29BrN2O2/c1-25(2)14-11-22(20-5-3-4-6-21(20)25)27-23(29)17-12-15-28(16-13-17)24(30)18-7-9-19(26)10-8-18/h3-10,17,22H,11-16H2,1-2H3,(H,27,29). The van der Waals surface area contributed by atoms with Crippen molar-refractivity contribution < 1.29 is 9.59 Å². The Labute approximate surface area is 187 Å². The van der Waals surface area contributed by atoms with Crippen LogP contribution in [0.25, 0.3) is 0 Å². The lowest BCUT2D eigenvalue weighted by Gasteiger charge is -2.38. The molecular formula is C25H29BrN2O2. The highest BCUT2D eigenvalue weighted by molar-refractivity contribution is 9.10. The maximum atomic E-state index is 13.0. The third kappa shape index (κ3) is 4.31. The van der Waals surface area contributed by atoms with E-state index in [4.69, 9.17) is 0 Å². The number of piperidine rings is 1. The lowest BCUT2D eigenvalue weighted by Crippen LogP contribution is -2.44. The largest absolute Gasteiger partial charge is 0.349 e. The highest BCUT2D eigenvalue weighted by Gasteiger charge is 2.35. The van der Waals surface area contributed by atoms with Crippen LogP contribution in [-0.2, 0) is 10.2 Å². The van der Waals surface area contributed by atoms with Gasteiger partial charge in [0, 0.05) is 29.0 Å². The molecule has 1 unspecified atom stereocenters. The Balaban J connectivity index is 1.36. The first-order valence-electron chi connectivity index (χ1n) is 10.8. The molecule has 1 atom stereocenters. The molecule has 0 saturated carbocycles. The Bertz CT molecular complexity index is 930. The first-order valence-corrected chi connectivity index (χ1v) is 11.6. The number of benzene rings is 2. The normalized spacial score (nSPS) is 21.0. The molecule has 2 amide bonds. The summed E-state index contributed by atoms with van der Waals surface area (Å²) in [6.45, 7) is 5.81. The first-order chi connectivity index (χ1) is 14.3. The molecule has 1 fully saturated rings. The summed E-state index contributed by atoms with van der Waals surface area (Å²) in [5.41, 5.74) is 3.44. The van der Waals surface area contributed by atoms with Gasteiger partial charge < -0.3 is 10.2 Å². The molecule has 158 valence electrons. The van der Waals surface area contributed by atoms with Crippen molar-refractivity contribution in [3.63, 3.8) is 0 Å². The summed E-state index contributed by atoms with van der Waals surface area (Å²) in [5, 5.41) is 3.32. The van der Waals surface area contributed by atoms with Crippen LogP contribution in [0.15, 0.2) is 53.0 Å². The number of halogens is 1. The Morgan fingerprint density at radius 1 is 1.00 bits per heavy atom. The molecule has 0 aromatic heterocycles. The van der Waals surface area contributed by atoms with Crippen molar-refractivity contribution in [1.82, 2.24) is 10.2 Å². The van der Waals surface area contributed by atoms with Gasteiger partial charge in [0.25, 0.3) is 5.91 Å². The zero-order chi connectivity index (χ0) is 21.3. The Morgan fingerprint density at radius 3 is 2.37 bits per heavy atom. The third-order valence-corrected chi connectivity index (χ3v) is 7.21. The molecule has 5 heteroatoms. The van der Waals surface area contributed by atoms with Crippen LogP contribution in [0.5, 0.6) is 0 Å². The smallest absolute Gasteiger partial charge is 0.253 e. The molecule has 1 heterocycles. The molecule has 4 nitrogen and oxygen atoms in total. The Hall–Kier alpha value is -2.14. The topological polar surface area (TPSA) is 49.4 Å². The number of rotatable bonds is 3. The number of nitrogens with one attached hydrogen (secondary N) is 1. The molecule has 1 aliphatic carbocycles. The molecule has 30 heavy (non-hydrogen) atoms. The van der Waals surface area contributed by atoms with Crippen LogP contribution in [0.3, 0.4) is 0 Å². The van der Waals surface area contributed by atoms with Gasteiger partial charge in [-0.15, -0.1) is 0 Å². The van der Waals surface area contributed by atoms with Crippen molar-refractivity contribution in [2.45, 2.75) is 51.0 Å². The number of amides is 2. The maximum absolute atomic E-state index is 13.0. The van der Waals surface area contributed by atoms with Crippen molar-refractivity contribution in [2.75, 3.05) is 13.1 Å². The summed E-state index contributed by atoms with van der Waals surface area (Å²) in [7, 11) is 0. The van der Waals surface area contributed by atoms with Gasteiger partial charge in [0.15, 0.2) is 0 Å². The lowest BCUT2D eigenvalue weighted by molar-refractivity contribution is -0.127. The molecule has 4 rings (SSSR count). The van der Waals surface area contributed by atoms with Crippen LogP contribution >= 0.6 is 15.9 Å². The van der Waals surface area contributed by atoms with Crippen molar-refractivity contribution in [3.05, 3.63) is 69.7 Å². The predicted octanol–water partition coefficient (Wildman–Crippen LogP) is 5.23. The number of carbonyl (C=O) groups is 2. The molecular weight excluding hydrogens is 440 g/mol. The van der Waals surface area contributed by atoms with E-state index in [0.717, 1.165) is 17.3 Å². The van der Waals surface area contributed by atoms with Crippen molar-refractivity contribution in [1.29, 1.82) is 0 Å². The number of nitrogens with zero attached hydrogens (tertiary/aromatic N) is 1. The van der Waals surface area contributed by atoms with E-state index in [1.807, 2.05) is 29.2 Å². The summed E-state index contributed by atoms with van der Waals surface area (Å²) >= 11 is 3.40. The molecule has 2 aromatic carbocycles. The van der Waals surface area contributed by atoms with Gasteiger partial charge in [-0.2, -0.15) is 0 Å². The second-order valence-electron chi connectivity index (χ2n) is 9.14. The second kappa shape index (κ2) is 8.54. The fourth-order valence-corrected chi connectivity index (χ4v) is 5.04. The van der Waals surface area contributed by atoms with Gasteiger partial charge in [-0.05, 0) is 66.5 Å². The maximum Gasteiger partial charge on any atom is 0.253 e. The molecule has 2 aliphatic rings. The molecule has 1 saturated heterocycles. The van der Waals surface area contributed by atoms with E-state index in [1.54, 1.807) is 0 Å². The average molecular weight is 469 g/mol. The van der Waals surface area contributed by atoms with E-state index in [0.29, 0.717) is 31.5 Å². The minimum atomic E-state index is -0.0268. The monoisotopic (exact) mass is 468 g/mol. The SMILES string of the molecule is CC1(C)CCC(NC(=O)C2CCN(C(=O)c3ccc(Br)cc3)CC2)c2ccccc21. The highest BCUT2D eigenvalue weighted by Crippen LogP contribution is 2.41. The minimum absolute atomic E-state index is 0.0268. The Morgan fingerprint density at radius 2 is 1.67 bits per heavy atom. The zero-order valence-electron chi connectivity index (χ0n) is 17.7. The van der Waals surface area contributed by atoms with Crippen LogP contribution in [0.2, 0.25) is 0 Å². The number of likely N-dealkylation sites (tertiary alicyclic amines) is 1. The van der Waals surface area contributed by atoms with Crippen LogP contribution in [-0.4, -0.2) is 29.8 Å². The molecule has 0 spiro atoms. The van der Waals surface area contributed by atoms with Gasteiger partial charge in [0.2, 0.25) is 5.91 Å². The molecule has 0 radical (unpaired) electrons. The van der Waals surface area contributed by atoms with E-state index in [1.165, 1.54) is 11.1 Å². The number of carbonyl (C=O) groups excluding carboxylic acids is 2. The number of hydrogen-bond acceptors (Lipinski definition) is 2. The van der Waals surface area contributed by atoms with Crippen LogP contribution < -0.4 is 5.32 Å². The number of fused-ring (bicyclic) bond motifs is 1. The average Bonchev–Trinajstić information content (AvgIpc) is 2.76. The van der Waals surface area contributed by atoms with Crippen molar-refractivity contribution in [3.8, 4) is 0 Å². The van der Waals surface area contributed by atoms with Gasteiger partial charge in [-0.3, -0.25) is 9.59 Å². The highest BCUT2D eigenvalue weighted by atomic mass is 79.9. The van der Waals surface area contributed by atoms with E-state index in [9.17, 15) is 9.59 Å². The van der Waals surface area contributed by atoms with Crippen LogP contribution in [0.4, 0.5) is 0 Å². The zero-order valence-corrected chi connectivity index (χ0v) is 19.2. The van der Waals surface area contributed by atoms with E-state index >= 15 is 0 Å². The van der Waals surface area contributed by atoms with Crippen molar-refractivity contribution in [2.24, 2.45) is 5.92 Å². The van der Waals surface area contributed by atoms with Gasteiger partial charge in [-0.1, -0.05) is 54.0 Å². The van der Waals surface area contributed by atoms with E-state index < -0.39 is 0 Å². The summed E-state index contributed by atoms with van der Waals surface area (Å²) in [4.78, 5) is 27.6. The number of hydrogen-bond donors (Lipinski definition) is 1. The Kier molecular flexibility index (Phi) is 6.01. The summed E-state index contributed by atoms with van der Waals surface area (Å²) in [5.74, 6) is 0.149. The summed E-state index contributed by atoms with van der Waals surface area (Å²) in [6, 6.07) is 16.0.